The number of ether oxygens (including phenoxy) is 1. The van der Waals surface area contributed by atoms with Gasteiger partial charge in [-0.1, -0.05) is 0 Å². The van der Waals surface area contributed by atoms with Gasteiger partial charge in [-0.3, -0.25) is 14.2 Å². The molecule has 1 amide bonds. The lowest BCUT2D eigenvalue weighted by Gasteiger charge is -2.06. The van der Waals surface area contributed by atoms with Crippen molar-refractivity contribution in [3.63, 3.8) is 0 Å². The van der Waals surface area contributed by atoms with Crippen molar-refractivity contribution in [2.24, 2.45) is 5.10 Å². The number of carbonyl (C=O) groups excluding carboxylic acids is 1. The van der Waals surface area contributed by atoms with E-state index in [-0.39, 0.29) is 11.5 Å². The lowest BCUT2D eigenvalue weighted by molar-refractivity contribution is 0.0955. The molecular formula is C21H20N4O3. The van der Waals surface area contributed by atoms with Crippen LogP contribution in [-0.2, 0) is 13.0 Å². The Bertz CT molecular complexity index is 1120. The van der Waals surface area contributed by atoms with Crippen molar-refractivity contribution >= 4 is 23.0 Å². The second kappa shape index (κ2) is 7.64. The molecular weight excluding hydrogens is 356 g/mol. The lowest BCUT2D eigenvalue weighted by atomic mass is 10.1. The first kappa shape index (κ1) is 17.9. The number of hydrogen-bond acceptors (Lipinski definition) is 5. The molecule has 1 aromatic heterocycles. The molecule has 1 aliphatic heterocycles. The van der Waals surface area contributed by atoms with Gasteiger partial charge in [-0.05, 0) is 61.4 Å². The number of nitrogens with zero attached hydrogens (tertiary/aromatic N) is 3. The highest BCUT2D eigenvalue weighted by atomic mass is 16.5. The van der Waals surface area contributed by atoms with Gasteiger partial charge in [0.15, 0.2) is 0 Å². The van der Waals surface area contributed by atoms with Crippen molar-refractivity contribution in [1.29, 1.82) is 0 Å². The third kappa shape index (κ3) is 3.51. The van der Waals surface area contributed by atoms with Gasteiger partial charge < -0.3 is 4.74 Å². The summed E-state index contributed by atoms with van der Waals surface area (Å²) >= 11 is 0. The Hall–Kier alpha value is -3.48. The number of carbonyl (C=O) groups is 1. The predicted molar refractivity (Wildman–Crippen MR) is 107 cm³/mol. The minimum atomic E-state index is -0.355. The number of aryl methyl sites for hydroxylation is 1. The van der Waals surface area contributed by atoms with Gasteiger partial charge >= 0.3 is 0 Å². The fourth-order valence-electron chi connectivity index (χ4n) is 3.27. The zero-order valence-corrected chi connectivity index (χ0v) is 15.5. The molecule has 0 radical (unpaired) electrons. The first-order valence-corrected chi connectivity index (χ1v) is 9.25. The lowest BCUT2D eigenvalue weighted by Crippen LogP contribution is -2.22. The number of rotatable bonds is 5. The van der Waals surface area contributed by atoms with Crippen LogP contribution < -0.4 is 15.7 Å². The van der Waals surface area contributed by atoms with Gasteiger partial charge in [-0.2, -0.15) is 5.10 Å². The summed E-state index contributed by atoms with van der Waals surface area (Å²) in [4.78, 5) is 29.4. The number of hydrazone groups is 1. The topological polar surface area (TPSA) is 85.6 Å². The third-order valence-corrected chi connectivity index (χ3v) is 4.65. The summed E-state index contributed by atoms with van der Waals surface area (Å²) in [5.74, 6) is 1.21. The zero-order chi connectivity index (χ0) is 19.5. The third-order valence-electron chi connectivity index (χ3n) is 4.65. The number of benzene rings is 2. The highest BCUT2D eigenvalue weighted by Crippen LogP contribution is 2.16. The predicted octanol–water partition coefficient (Wildman–Crippen LogP) is 2.51. The number of nitrogens with one attached hydrogen (secondary N) is 1. The molecule has 28 heavy (non-hydrogen) atoms. The van der Waals surface area contributed by atoms with Crippen LogP contribution in [0.1, 0.15) is 35.1 Å². The normalized spacial score (nSPS) is 13.0. The summed E-state index contributed by atoms with van der Waals surface area (Å²) in [6.45, 7) is 3.25. The second-order valence-electron chi connectivity index (χ2n) is 6.52. The molecule has 7 heteroatoms. The molecule has 0 spiro atoms. The Kier molecular flexibility index (Phi) is 4.89. The van der Waals surface area contributed by atoms with E-state index < -0.39 is 0 Å². The summed E-state index contributed by atoms with van der Waals surface area (Å²) in [6.07, 6.45) is 3.27. The fourth-order valence-corrected chi connectivity index (χ4v) is 3.27. The van der Waals surface area contributed by atoms with Crippen LogP contribution in [0.15, 0.2) is 52.4 Å². The molecule has 7 nitrogen and oxygen atoms in total. The molecule has 0 fully saturated rings. The van der Waals surface area contributed by atoms with Crippen molar-refractivity contribution < 1.29 is 9.53 Å². The first-order chi connectivity index (χ1) is 13.7. The van der Waals surface area contributed by atoms with E-state index in [0.29, 0.717) is 29.6 Å². The average molecular weight is 376 g/mol. The summed E-state index contributed by atoms with van der Waals surface area (Å²) in [5, 5.41) is 4.53. The van der Waals surface area contributed by atoms with Crippen LogP contribution in [0.5, 0.6) is 5.75 Å². The summed E-state index contributed by atoms with van der Waals surface area (Å²) in [5.41, 5.74) is 4.26. The fraction of sp³-hybridized carbons (Fsp3) is 0.238. The number of hydrogen-bond donors (Lipinski definition) is 1. The smallest absolute Gasteiger partial charge is 0.271 e. The van der Waals surface area contributed by atoms with Crippen molar-refractivity contribution in [3.05, 3.63) is 69.8 Å². The standard InChI is InChI=1S/C21H20N4O3/c1-2-28-16-8-5-14(6-9-16)13-22-24-20(26)15-7-10-17-18(12-15)23-19-4-3-11-25(19)21(17)27/h5-10,12-13H,2-4,11H2,1H3,(H,24,26)/b22-13-. The van der Waals surface area contributed by atoms with Crippen molar-refractivity contribution in [1.82, 2.24) is 15.0 Å². The van der Waals surface area contributed by atoms with Gasteiger partial charge in [0.25, 0.3) is 11.5 Å². The van der Waals surface area contributed by atoms with Gasteiger partial charge in [0.05, 0.1) is 23.7 Å². The molecule has 0 unspecified atom stereocenters. The van der Waals surface area contributed by atoms with Gasteiger partial charge in [0, 0.05) is 18.5 Å². The molecule has 4 rings (SSSR count). The molecule has 0 aliphatic carbocycles. The second-order valence-corrected chi connectivity index (χ2v) is 6.52. The van der Waals surface area contributed by atoms with E-state index in [1.807, 2.05) is 31.2 Å². The summed E-state index contributed by atoms with van der Waals surface area (Å²) in [7, 11) is 0. The van der Waals surface area contributed by atoms with Crippen molar-refractivity contribution in [3.8, 4) is 5.75 Å². The van der Waals surface area contributed by atoms with Crippen LogP contribution in [0, 0.1) is 0 Å². The average Bonchev–Trinajstić information content (AvgIpc) is 3.18. The largest absolute Gasteiger partial charge is 0.494 e. The molecule has 2 heterocycles. The number of aromatic nitrogens is 2. The molecule has 0 atom stereocenters. The van der Waals surface area contributed by atoms with Gasteiger partial charge in [0.2, 0.25) is 0 Å². The Morgan fingerprint density at radius 2 is 2.11 bits per heavy atom. The van der Waals surface area contributed by atoms with Crippen LogP contribution in [0.3, 0.4) is 0 Å². The Morgan fingerprint density at radius 3 is 2.89 bits per heavy atom. The molecule has 2 aromatic carbocycles. The Balaban J connectivity index is 1.49. The van der Waals surface area contributed by atoms with Crippen LogP contribution >= 0.6 is 0 Å². The van der Waals surface area contributed by atoms with Gasteiger partial charge in [-0.15, -0.1) is 0 Å². The van der Waals surface area contributed by atoms with Crippen LogP contribution in [0.4, 0.5) is 0 Å². The summed E-state index contributed by atoms with van der Waals surface area (Å²) in [6, 6.07) is 12.3. The molecule has 1 N–H and O–H groups in total. The minimum absolute atomic E-state index is 0.0435. The first-order valence-electron chi connectivity index (χ1n) is 9.25. The van der Waals surface area contributed by atoms with E-state index in [9.17, 15) is 9.59 Å². The van der Waals surface area contributed by atoms with Crippen molar-refractivity contribution in [2.75, 3.05) is 6.61 Å². The van der Waals surface area contributed by atoms with E-state index in [1.165, 1.54) is 0 Å². The maximum absolute atomic E-state index is 12.5. The molecule has 0 saturated carbocycles. The van der Waals surface area contributed by atoms with E-state index in [1.54, 1.807) is 29.0 Å². The quantitative estimate of drug-likeness (QED) is 0.548. The number of amides is 1. The maximum Gasteiger partial charge on any atom is 0.271 e. The minimum Gasteiger partial charge on any atom is -0.494 e. The molecule has 0 saturated heterocycles. The molecule has 1 aliphatic rings. The monoisotopic (exact) mass is 376 g/mol. The van der Waals surface area contributed by atoms with Crippen LogP contribution in [0.25, 0.3) is 10.9 Å². The summed E-state index contributed by atoms with van der Waals surface area (Å²) < 4.78 is 7.10. The van der Waals surface area contributed by atoms with Gasteiger partial charge in [0.1, 0.15) is 11.6 Å². The Labute approximate surface area is 161 Å². The molecule has 3 aromatic rings. The van der Waals surface area contributed by atoms with Gasteiger partial charge in [-0.25, -0.2) is 10.4 Å². The van der Waals surface area contributed by atoms with Crippen LogP contribution in [0.2, 0.25) is 0 Å². The maximum atomic E-state index is 12.5. The highest BCUT2D eigenvalue weighted by Gasteiger charge is 2.17. The number of fused-ring (bicyclic) bond motifs is 2. The Morgan fingerprint density at radius 1 is 1.29 bits per heavy atom. The van der Waals surface area contributed by atoms with E-state index >= 15 is 0 Å². The molecule has 142 valence electrons. The van der Waals surface area contributed by atoms with Crippen molar-refractivity contribution in [2.45, 2.75) is 26.3 Å². The van der Waals surface area contributed by atoms with E-state index in [0.717, 1.165) is 30.0 Å². The van der Waals surface area contributed by atoms with E-state index in [2.05, 4.69) is 15.5 Å². The SMILES string of the molecule is CCOc1ccc(/C=N\NC(=O)c2ccc3c(=O)n4c(nc3c2)CCC4)cc1. The van der Waals surface area contributed by atoms with Crippen LogP contribution in [-0.4, -0.2) is 28.3 Å². The molecule has 0 bridgehead atoms. The zero-order valence-electron chi connectivity index (χ0n) is 15.5. The van der Waals surface area contributed by atoms with E-state index in [4.69, 9.17) is 4.74 Å². The highest BCUT2D eigenvalue weighted by molar-refractivity contribution is 5.98.